The van der Waals surface area contributed by atoms with Gasteiger partial charge in [0.2, 0.25) is 0 Å². The number of rotatable bonds is 9. The Morgan fingerprint density at radius 2 is 1.79 bits per heavy atom. The number of carbonyl (C=O) groups excluding carboxylic acids is 1. The Morgan fingerprint density at radius 3 is 2.45 bits per heavy atom. The molecule has 0 fully saturated rings. The highest BCUT2D eigenvalue weighted by atomic mass is 35.5. The van der Waals surface area contributed by atoms with Crippen molar-refractivity contribution < 1.29 is 19.4 Å². The zero-order chi connectivity index (χ0) is 30.4. The van der Waals surface area contributed by atoms with Crippen LogP contribution < -0.4 is 16.2 Å². The summed E-state index contributed by atoms with van der Waals surface area (Å²) in [5, 5.41) is 16.2. The van der Waals surface area contributed by atoms with Crippen LogP contribution in [0.2, 0.25) is 5.02 Å². The van der Waals surface area contributed by atoms with Crippen molar-refractivity contribution in [3.63, 3.8) is 0 Å². The van der Waals surface area contributed by atoms with Crippen LogP contribution in [-0.4, -0.2) is 50.4 Å². The van der Waals surface area contributed by atoms with Gasteiger partial charge in [0.1, 0.15) is 11.9 Å². The van der Waals surface area contributed by atoms with Gasteiger partial charge in [-0.25, -0.2) is 14.6 Å². The summed E-state index contributed by atoms with van der Waals surface area (Å²) in [6.07, 6.45) is -1.20. The number of fused-ring (bicyclic) bond motifs is 1. The van der Waals surface area contributed by atoms with Gasteiger partial charge < -0.3 is 20.5 Å². The van der Waals surface area contributed by atoms with E-state index in [0.29, 0.717) is 23.4 Å². The van der Waals surface area contributed by atoms with Gasteiger partial charge in [-0.15, -0.1) is 0 Å². The van der Waals surface area contributed by atoms with E-state index in [4.69, 9.17) is 21.3 Å². The number of hydrogen-bond acceptors (Lipinski definition) is 5. The number of carboxylic acid groups (broad SMARTS) is 1. The van der Waals surface area contributed by atoms with Gasteiger partial charge in [-0.2, -0.15) is 0 Å². The number of nitrogens with one attached hydrogen (secondary N) is 2. The van der Waals surface area contributed by atoms with Gasteiger partial charge in [-0.1, -0.05) is 54.1 Å². The molecule has 0 aliphatic rings. The molecular formula is C31H34ClN5O5. The topological polar surface area (TPSA) is 126 Å². The Bertz CT molecular complexity index is 1630. The fraction of sp³-hybridized carbons (Fsp3) is 0.290. The molecule has 3 amide bonds. The zero-order valence-electron chi connectivity index (χ0n) is 23.9. The Morgan fingerprint density at radius 1 is 1.07 bits per heavy atom. The third-order valence-electron chi connectivity index (χ3n) is 6.50. The van der Waals surface area contributed by atoms with E-state index in [1.165, 1.54) is 9.47 Å². The number of nitrogens with zero attached hydrogens (tertiary/aromatic N) is 3. The molecule has 0 aliphatic heterocycles. The summed E-state index contributed by atoms with van der Waals surface area (Å²) in [6.45, 7) is 7.67. The van der Waals surface area contributed by atoms with Crippen LogP contribution in [0.3, 0.4) is 0 Å². The van der Waals surface area contributed by atoms with Crippen LogP contribution in [0.1, 0.15) is 45.1 Å². The summed E-state index contributed by atoms with van der Waals surface area (Å²) in [7, 11) is 0. The Balaban J connectivity index is 1.93. The number of anilines is 1. The van der Waals surface area contributed by atoms with E-state index in [0.717, 1.165) is 5.56 Å². The first-order chi connectivity index (χ1) is 20.0. The fourth-order valence-corrected chi connectivity index (χ4v) is 5.00. The highest BCUT2D eigenvalue weighted by Gasteiger charge is 2.37. The largest absolute Gasteiger partial charge is 0.465 e. The second kappa shape index (κ2) is 13.1. The van der Waals surface area contributed by atoms with Crippen molar-refractivity contribution in [2.45, 2.75) is 45.9 Å². The maximum absolute atomic E-state index is 14.2. The first-order valence-corrected chi connectivity index (χ1v) is 13.9. The van der Waals surface area contributed by atoms with E-state index in [1.54, 1.807) is 70.2 Å². The second-order valence-electron chi connectivity index (χ2n) is 10.6. The summed E-state index contributed by atoms with van der Waals surface area (Å²) in [5.74, 6) is 0.148. The van der Waals surface area contributed by atoms with Crippen LogP contribution in [0.25, 0.3) is 16.6 Å². The van der Waals surface area contributed by atoms with Crippen LogP contribution in [0, 0.1) is 0 Å². The Kier molecular flexibility index (Phi) is 9.49. The summed E-state index contributed by atoms with van der Waals surface area (Å²) in [4.78, 5) is 45.2. The van der Waals surface area contributed by atoms with Crippen molar-refractivity contribution in [3.05, 3.63) is 99.6 Å². The van der Waals surface area contributed by atoms with E-state index in [1.807, 2.05) is 30.3 Å². The van der Waals surface area contributed by atoms with Crippen molar-refractivity contribution in [2.75, 3.05) is 18.5 Å². The summed E-state index contributed by atoms with van der Waals surface area (Å²) < 4.78 is 7.42. The predicted molar refractivity (Wildman–Crippen MR) is 164 cm³/mol. The van der Waals surface area contributed by atoms with Crippen LogP contribution in [0.5, 0.6) is 0 Å². The molecule has 1 atom stereocenters. The molecule has 3 N–H and O–H groups in total. The fourth-order valence-electron chi connectivity index (χ4n) is 4.75. The lowest BCUT2D eigenvalue weighted by Crippen LogP contribution is -2.50. The molecule has 0 spiro atoms. The van der Waals surface area contributed by atoms with E-state index < -0.39 is 29.3 Å². The molecule has 10 nitrogen and oxygen atoms in total. The van der Waals surface area contributed by atoms with Gasteiger partial charge >= 0.3 is 12.1 Å². The molecule has 4 rings (SSSR count). The number of amides is 3. The van der Waals surface area contributed by atoms with Crippen LogP contribution >= 0.6 is 11.6 Å². The number of ether oxygens (including phenoxy) is 1. The molecular weight excluding hydrogens is 558 g/mol. The number of halogens is 1. The molecule has 1 heterocycles. The van der Waals surface area contributed by atoms with E-state index in [-0.39, 0.29) is 29.4 Å². The van der Waals surface area contributed by atoms with Gasteiger partial charge in [0.25, 0.3) is 5.56 Å². The minimum atomic E-state index is -1.20. The van der Waals surface area contributed by atoms with Crippen molar-refractivity contribution >= 4 is 40.3 Å². The van der Waals surface area contributed by atoms with E-state index in [2.05, 4.69) is 10.6 Å². The van der Waals surface area contributed by atoms with Crippen LogP contribution in [-0.2, 0) is 11.3 Å². The molecule has 0 aliphatic carbocycles. The van der Waals surface area contributed by atoms with Crippen LogP contribution in [0.4, 0.5) is 15.3 Å². The second-order valence-corrected chi connectivity index (χ2v) is 11.0. The predicted octanol–water partition coefficient (Wildman–Crippen LogP) is 6.22. The highest BCUT2D eigenvalue weighted by molar-refractivity contribution is 6.35. The molecule has 3 aromatic carbocycles. The first kappa shape index (κ1) is 30.5. The third kappa shape index (κ3) is 6.89. The van der Waals surface area contributed by atoms with E-state index >= 15 is 0 Å². The van der Waals surface area contributed by atoms with E-state index in [9.17, 15) is 19.5 Å². The quantitative estimate of drug-likeness (QED) is 0.212. The minimum absolute atomic E-state index is 0.0895. The number of hydrogen-bond donors (Lipinski definition) is 3. The van der Waals surface area contributed by atoms with Crippen LogP contribution in [0.15, 0.2) is 77.6 Å². The van der Waals surface area contributed by atoms with Gasteiger partial charge in [-0.05, 0) is 63.6 Å². The summed E-state index contributed by atoms with van der Waals surface area (Å²) in [5.41, 5.74) is 0.656. The SMILES string of the molecule is CCNC(=O)Nc1cccc(-n2c([C@H](COCc3ccccc3)N(C(=O)O)C(C)(C)C)nc3cccc(Cl)c3c2=O)c1. The number of urea groups is 1. The zero-order valence-corrected chi connectivity index (χ0v) is 24.7. The maximum atomic E-state index is 14.2. The van der Waals surface area contributed by atoms with Gasteiger partial charge in [0, 0.05) is 17.8 Å². The highest BCUT2D eigenvalue weighted by Crippen LogP contribution is 2.31. The lowest BCUT2D eigenvalue weighted by atomic mass is 10.0. The Hall–Kier alpha value is -4.41. The minimum Gasteiger partial charge on any atom is -0.465 e. The van der Waals surface area contributed by atoms with Gasteiger partial charge in [-0.3, -0.25) is 14.3 Å². The Labute approximate surface area is 248 Å². The van der Waals surface area contributed by atoms with Crippen molar-refractivity contribution in [1.29, 1.82) is 0 Å². The number of carbonyl (C=O) groups is 2. The van der Waals surface area contributed by atoms with Crippen molar-refractivity contribution in [2.24, 2.45) is 0 Å². The molecule has 42 heavy (non-hydrogen) atoms. The molecule has 11 heteroatoms. The monoisotopic (exact) mass is 591 g/mol. The first-order valence-electron chi connectivity index (χ1n) is 13.5. The average molecular weight is 592 g/mol. The smallest absolute Gasteiger partial charge is 0.408 e. The summed E-state index contributed by atoms with van der Waals surface area (Å²) in [6, 6.07) is 19.7. The average Bonchev–Trinajstić information content (AvgIpc) is 2.92. The van der Waals surface area contributed by atoms with Crippen molar-refractivity contribution in [1.82, 2.24) is 19.8 Å². The molecule has 220 valence electrons. The number of aromatic nitrogens is 2. The normalized spacial score (nSPS) is 12.1. The summed E-state index contributed by atoms with van der Waals surface area (Å²) >= 11 is 6.48. The molecule has 0 radical (unpaired) electrons. The molecule has 0 unspecified atom stereocenters. The van der Waals surface area contributed by atoms with Gasteiger partial charge in [0.15, 0.2) is 0 Å². The molecule has 0 saturated heterocycles. The molecule has 4 aromatic rings. The lowest BCUT2D eigenvalue weighted by molar-refractivity contribution is 0.0104. The number of benzene rings is 3. The van der Waals surface area contributed by atoms with Gasteiger partial charge in [0.05, 0.1) is 34.8 Å². The third-order valence-corrected chi connectivity index (χ3v) is 6.81. The lowest BCUT2D eigenvalue weighted by Gasteiger charge is -2.39. The molecule has 0 bridgehead atoms. The molecule has 0 saturated carbocycles. The maximum Gasteiger partial charge on any atom is 0.408 e. The molecule has 1 aromatic heterocycles. The standard InChI is InChI=1S/C31H34ClN5O5/c1-5-33-29(39)34-21-13-9-14-22(17-21)36-27(35-24-16-10-15-23(32)26(24)28(36)38)25(37(30(40)41)31(2,3)4)19-42-18-20-11-7-6-8-12-20/h6-17,25H,5,18-19H2,1-4H3,(H,40,41)(H2,33,34,39)/t25-/m0/s1. The van der Waals surface area contributed by atoms with Crippen molar-refractivity contribution in [3.8, 4) is 5.69 Å².